The predicted octanol–water partition coefficient (Wildman–Crippen LogP) is 5.31. The van der Waals surface area contributed by atoms with Crippen molar-refractivity contribution in [1.29, 1.82) is 0 Å². The third kappa shape index (κ3) is 4.09. The summed E-state index contributed by atoms with van der Waals surface area (Å²) >= 11 is 0. The highest BCUT2D eigenvalue weighted by atomic mass is 16.1. The molecule has 1 amide bonds. The van der Waals surface area contributed by atoms with Crippen molar-refractivity contribution in [2.75, 3.05) is 5.32 Å². The van der Waals surface area contributed by atoms with Gasteiger partial charge in [0.15, 0.2) is 5.82 Å². The number of anilines is 1. The van der Waals surface area contributed by atoms with Crippen LogP contribution in [0.4, 0.5) is 5.69 Å². The minimum absolute atomic E-state index is 0.204. The van der Waals surface area contributed by atoms with Crippen LogP contribution in [0.5, 0.6) is 0 Å². The molecule has 5 aromatic heterocycles. The maximum Gasteiger partial charge on any atom is 0.255 e. The molecule has 0 fully saturated rings. The molecule has 3 N–H and O–H groups in total. The van der Waals surface area contributed by atoms with Crippen LogP contribution < -0.4 is 5.32 Å². The van der Waals surface area contributed by atoms with E-state index in [1.165, 1.54) is 0 Å². The van der Waals surface area contributed by atoms with E-state index in [0.29, 0.717) is 28.5 Å². The minimum atomic E-state index is -0.204. The molecule has 0 saturated carbocycles. The van der Waals surface area contributed by atoms with E-state index in [2.05, 4.69) is 35.5 Å². The molecule has 0 saturated heterocycles. The summed E-state index contributed by atoms with van der Waals surface area (Å²) in [4.78, 5) is 34.2. The quantitative estimate of drug-likeness (QED) is 0.287. The summed E-state index contributed by atoms with van der Waals surface area (Å²) in [6.45, 7) is 1.95. The predicted molar refractivity (Wildman–Crippen MR) is 148 cm³/mol. The number of aryl methyl sites for hydroxylation is 1. The molecule has 188 valence electrons. The van der Waals surface area contributed by atoms with Gasteiger partial charge in [0.25, 0.3) is 5.91 Å². The van der Waals surface area contributed by atoms with Gasteiger partial charge in [-0.3, -0.25) is 19.9 Å². The Balaban J connectivity index is 1.25. The number of amides is 1. The number of hydrogen-bond acceptors (Lipinski definition) is 6. The molecule has 10 nitrogen and oxygen atoms in total. The minimum Gasteiger partial charge on any atom is -0.336 e. The number of carbonyl (C=O) groups excluding carboxylic acids is 1. The summed E-state index contributed by atoms with van der Waals surface area (Å²) < 4.78 is 1.96. The second-order valence-corrected chi connectivity index (χ2v) is 9.15. The lowest BCUT2D eigenvalue weighted by Crippen LogP contribution is -2.11. The van der Waals surface area contributed by atoms with Crippen molar-refractivity contribution in [3.63, 3.8) is 0 Å². The zero-order valence-electron chi connectivity index (χ0n) is 20.8. The molecule has 7 aromatic rings. The molecule has 0 aliphatic heterocycles. The van der Waals surface area contributed by atoms with Crippen molar-refractivity contribution in [3.8, 4) is 28.5 Å². The molecule has 5 heterocycles. The molecule has 2 aromatic carbocycles. The van der Waals surface area contributed by atoms with Crippen LogP contribution >= 0.6 is 0 Å². The normalized spacial score (nSPS) is 11.3. The number of nitrogens with one attached hydrogen (secondary N) is 3. The SMILES string of the molecule is Cc1cn(-c2cccc3[nH]c(-c4n[nH]c5cnc(-c6cncc(NC(=O)c7ccccc7)c6)cc45)nc23)cn1. The number of aromatic amines is 2. The Hall–Kier alpha value is -5.64. The van der Waals surface area contributed by atoms with Gasteiger partial charge >= 0.3 is 0 Å². The van der Waals surface area contributed by atoms with Gasteiger partial charge < -0.3 is 14.9 Å². The number of para-hydroxylation sites is 1. The number of hydrogen-bond donors (Lipinski definition) is 3. The Morgan fingerprint density at radius 3 is 2.69 bits per heavy atom. The lowest BCUT2D eigenvalue weighted by Gasteiger charge is -2.07. The fourth-order valence-electron chi connectivity index (χ4n) is 4.59. The largest absolute Gasteiger partial charge is 0.336 e. The van der Waals surface area contributed by atoms with Gasteiger partial charge in [0.1, 0.15) is 11.2 Å². The van der Waals surface area contributed by atoms with Crippen LogP contribution in [0.25, 0.3) is 50.4 Å². The third-order valence-electron chi connectivity index (χ3n) is 6.48. The van der Waals surface area contributed by atoms with Crippen LogP contribution in [0.2, 0.25) is 0 Å². The first-order chi connectivity index (χ1) is 19.1. The highest BCUT2D eigenvalue weighted by Crippen LogP contribution is 2.31. The van der Waals surface area contributed by atoms with E-state index in [-0.39, 0.29) is 5.91 Å². The van der Waals surface area contributed by atoms with Gasteiger partial charge in [-0.05, 0) is 43.3 Å². The van der Waals surface area contributed by atoms with E-state index in [9.17, 15) is 4.79 Å². The van der Waals surface area contributed by atoms with E-state index < -0.39 is 0 Å². The number of nitrogens with zero attached hydrogens (tertiary/aromatic N) is 6. The topological polar surface area (TPSA) is 130 Å². The lowest BCUT2D eigenvalue weighted by atomic mass is 10.1. The fraction of sp³-hybridized carbons (Fsp3) is 0.0345. The Bertz CT molecular complexity index is 1980. The second-order valence-electron chi connectivity index (χ2n) is 9.15. The Labute approximate surface area is 221 Å². The van der Waals surface area contributed by atoms with Gasteiger partial charge in [-0.15, -0.1) is 0 Å². The molecule has 0 aliphatic carbocycles. The monoisotopic (exact) mass is 511 g/mol. The van der Waals surface area contributed by atoms with Gasteiger partial charge in [0.05, 0.1) is 52.5 Å². The van der Waals surface area contributed by atoms with E-state index >= 15 is 0 Å². The summed E-state index contributed by atoms with van der Waals surface area (Å²) in [5.74, 6) is 0.435. The zero-order chi connectivity index (χ0) is 26.3. The summed E-state index contributed by atoms with van der Waals surface area (Å²) in [5, 5.41) is 11.4. The van der Waals surface area contributed by atoms with E-state index in [4.69, 9.17) is 4.98 Å². The van der Waals surface area contributed by atoms with Crippen molar-refractivity contribution < 1.29 is 4.79 Å². The summed E-state index contributed by atoms with van der Waals surface area (Å²) in [6.07, 6.45) is 8.81. The first-order valence-corrected chi connectivity index (χ1v) is 12.3. The number of carbonyl (C=O) groups is 1. The van der Waals surface area contributed by atoms with Crippen LogP contribution in [0.15, 0.2) is 91.8 Å². The van der Waals surface area contributed by atoms with Crippen LogP contribution in [0.3, 0.4) is 0 Å². The molecular weight excluding hydrogens is 490 g/mol. The van der Waals surface area contributed by atoms with Gasteiger partial charge in [-0.1, -0.05) is 24.3 Å². The Morgan fingerprint density at radius 2 is 1.85 bits per heavy atom. The van der Waals surface area contributed by atoms with E-state index in [1.54, 1.807) is 37.1 Å². The van der Waals surface area contributed by atoms with Crippen molar-refractivity contribution in [3.05, 3.63) is 103 Å². The summed E-state index contributed by atoms with van der Waals surface area (Å²) in [6, 6.07) is 18.8. The van der Waals surface area contributed by atoms with Gasteiger partial charge in [-0.2, -0.15) is 5.10 Å². The van der Waals surface area contributed by atoms with Gasteiger partial charge in [0.2, 0.25) is 0 Å². The number of H-pyrrole nitrogens is 2. The maximum absolute atomic E-state index is 12.6. The lowest BCUT2D eigenvalue weighted by molar-refractivity contribution is 0.102. The molecule has 0 spiro atoms. The third-order valence-corrected chi connectivity index (χ3v) is 6.48. The van der Waals surface area contributed by atoms with Crippen LogP contribution in [-0.4, -0.2) is 45.6 Å². The van der Waals surface area contributed by atoms with Crippen molar-refractivity contribution in [2.24, 2.45) is 0 Å². The first kappa shape index (κ1) is 22.5. The van der Waals surface area contributed by atoms with Crippen LogP contribution in [0, 0.1) is 6.92 Å². The van der Waals surface area contributed by atoms with Crippen LogP contribution in [-0.2, 0) is 0 Å². The molecule has 0 atom stereocenters. The van der Waals surface area contributed by atoms with Crippen LogP contribution in [0.1, 0.15) is 16.1 Å². The Kier molecular flexibility index (Phi) is 5.22. The Morgan fingerprint density at radius 1 is 0.949 bits per heavy atom. The van der Waals surface area contributed by atoms with Crippen molar-refractivity contribution in [1.82, 2.24) is 39.7 Å². The molecular formula is C29H21N9O. The maximum atomic E-state index is 12.6. The first-order valence-electron chi connectivity index (χ1n) is 12.3. The molecule has 10 heteroatoms. The standard InChI is InChI=1S/C29H21N9O/c1-17-15-38(16-32-17)25-9-5-8-22-27(25)35-28(34-22)26-21-11-23(31-14-24(21)36-37-26)19-10-20(13-30-12-19)33-29(39)18-6-3-2-4-7-18/h2-16H,1H3,(H,33,39)(H,34,35)(H,36,37). The van der Waals surface area contributed by atoms with Gasteiger partial charge in [0, 0.05) is 28.9 Å². The number of fused-ring (bicyclic) bond motifs is 2. The summed E-state index contributed by atoms with van der Waals surface area (Å²) in [7, 11) is 0. The summed E-state index contributed by atoms with van der Waals surface area (Å²) in [5.41, 5.74) is 7.64. The number of benzene rings is 2. The molecule has 0 aliphatic rings. The smallest absolute Gasteiger partial charge is 0.255 e. The molecule has 0 bridgehead atoms. The number of aromatic nitrogens is 8. The highest BCUT2D eigenvalue weighted by Gasteiger charge is 2.17. The van der Waals surface area contributed by atoms with Crippen molar-refractivity contribution in [2.45, 2.75) is 6.92 Å². The molecule has 0 unspecified atom stereocenters. The number of imidazole rings is 2. The average molecular weight is 512 g/mol. The fourth-order valence-corrected chi connectivity index (χ4v) is 4.59. The van der Waals surface area contributed by atoms with E-state index in [1.807, 2.05) is 66.2 Å². The van der Waals surface area contributed by atoms with Crippen molar-refractivity contribution >= 4 is 33.5 Å². The van der Waals surface area contributed by atoms with E-state index in [0.717, 1.165) is 38.9 Å². The molecule has 0 radical (unpaired) electrons. The zero-order valence-corrected chi connectivity index (χ0v) is 20.8. The number of pyridine rings is 2. The van der Waals surface area contributed by atoms with Gasteiger partial charge in [-0.25, -0.2) is 9.97 Å². The number of rotatable bonds is 5. The second kappa shape index (κ2) is 9.03. The molecule has 7 rings (SSSR count). The average Bonchev–Trinajstić information content (AvgIpc) is 3.71. The molecule has 39 heavy (non-hydrogen) atoms. The highest BCUT2D eigenvalue weighted by molar-refractivity contribution is 6.04.